The SMILES string of the molecule is CNCCC1CCN(C(C)c2nc(Cc3ccccc3)no2)CC1.Cl. The van der Waals surface area contributed by atoms with Crippen LogP contribution in [0.15, 0.2) is 34.9 Å². The number of piperidine rings is 1. The first kappa shape index (κ1) is 19.9. The molecule has 1 aromatic carbocycles. The van der Waals surface area contributed by atoms with Gasteiger partial charge in [0, 0.05) is 6.42 Å². The molecule has 1 aliphatic rings. The third-order valence-corrected chi connectivity index (χ3v) is 5.05. The number of hydrogen-bond donors (Lipinski definition) is 1. The van der Waals surface area contributed by atoms with E-state index in [4.69, 9.17) is 4.52 Å². The van der Waals surface area contributed by atoms with Crippen molar-refractivity contribution in [2.75, 3.05) is 26.7 Å². The molecule has 0 bridgehead atoms. The maximum Gasteiger partial charge on any atom is 0.243 e. The Bertz CT molecular complexity index is 611. The van der Waals surface area contributed by atoms with Gasteiger partial charge in [0.05, 0.1) is 6.04 Å². The third-order valence-electron chi connectivity index (χ3n) is 5.05. The number of aromatic nitrogens is 2. The average molecular weight is 365 g/mol. The second kappa shape index (κ2) is 9.90. The fourth-order valence-electron chi connectivity index (χ4n) is 3.42. The van der Waals surface area contributed by atoms with Crippen LogP contribution in [0.2, 0.25) is 0 Å². The molecule has 1 unspecified atom stereocenters. The van der Waals surface area contributed by atoms with Crippen molar-refractivity contribution in [1.82, 2.24) is 20.4 Å². The molecule has 0 saturated carbocycles. The van der Waals surface area contributed by atoms with E-state index in [1.54, 1.807) is 0 Å². The summed E-state index contributed by atoms with van der Waals surface area (Å²) in [6, 6.07) is 10.5. The molecule has 0 radical (unpaired) electrons. The Morgan fingerprint density at radius 2 is 1.96 bits per heavy atom. The first-order valence-corrected chi connectivity index (χ1v) is 9.01. The third kappa shape index (κ3) is 5.53. The maximum atomic E-state index is 5.53. The molecule has 2 aromatic rings. The summed E-state index contributed by atoms with van der Waals surface area (Å²) in [5, 5.41) is 7.41. The minimum atomic E-state index is 0. The summed E-state index contributed by atoms with van der Waals surface area (Å²) in [4.78, 5) is 7.09. The van der Waals surface area contributed by atoms with Crippen LogP contribution in [0.25, 0.3) is 0 Å². The van der Waals surface area contributed by atoms with Gasteiger partial charge in [-0.1, -0.05) is 35.5 Å². The zero-order chi connectivity index (χ0) is 16.8. The highest BCUT2D eigenvalue weighted by atomic mass is 35.5. The van der Waals surface area contributed by atoms with Crippen molar-refractivity contribution in [3.63, 3.8) is 0 Å². The van der Waals surface area contributed by atoms with Crippen molar-refractivity contribution in [2.45, 2.75) is 38.6 Å². The first-order valence-electron chi connectivity index (χ1n) is 9.01. The Morgan fingerprint density at radius 3 is 2.64 bits per heavy atom. The molecule has 138 valence electrons. The van der Waals surface area contributed by atoms with E-state index in [1.165, 1.54) is 24.8 Å². The summed E-state index contributed by atoms with van der Waals surface area (Å²) in [5.74, 6) is 2.36. The number of nitrogens with one attached hydrogen (secondary N) is 1. The van der Waals surface area contributed by atoms with Crippen LogP contribution in [0.1, 0.15) is 49.5 Å². The van der Waals surface area contributed by atoms with Crippen molar-refractivity contribution >= 4 is 12.4 Å². The van der Waals surface area contributed by atoms with Crippen LogP contribution in [0.3, 0.4) is 0 Å². The van der Waals surface area contributed by atoms with Gasteiger partial charge in [-0.25, -0.2) is 0 Å². The average Bonchev–Trinajstić information content (AvgIpc) is 3.09. The quantitative estimate of drug-likeness (QED) is 0.815. The molecular formula is C19H29ClN4O. The van der Waals surface area contributed by atoms with Gasteiger partial charge in [-0.15, -0.1) is 12.4 Å². The predicted molar refractivity (Wildman–Crippen MR) is 102 cm³/mol. The maximum absolute atomic E-state index is 5.53. The lowest BCUT2D eigenvalue weighted by molar-refractivity contribution is 0.117. The normalized spacial score (nSPS) is 17.2. The highest BCUT2D eigenvalue weighted by Gasteiger charge is 2.26. The van der Waals surface area contributed by atoms with Gasteiger partial charge in [-0.3, -0.25) is 4.90 Å². The Kier molecular flexibility index (Phi) is 7.88. The van der Waals surface area contributed by atoms with E-state index in [0.717, 1.165) is 43.7 Å². The van der Waals surface area contributed by atoms with E-state index in [9.17, 15) is 0 Å². The minimum Gasteiger partial charge on any atom is -0.338 e. The van der Waals surface area contributed by atoms with Gasteiger partial charge < -0.3 is 9.84 Å². The summed E-state index contributed by atoms with van der Waals surface area (Å²) < 4.78 is 5.53. The predicted octanol–water partition coefficient (Wildman–Crippen LogP) is 3.46. The van der Waals surface area contributed by atoms with Crippen LogP contribution in [0, 0.1) is 5.92 Å². The van der Waals surface area contributed by atoms with Crippen LogP contribution in [0.4, 0.5) is 0 Å². The summed E-state index contributed by atoms with van der Waals surface area (Å²) in [5.41, 5.74) is 1.21. The fraction of sp³-hybridized carbons (Fsp3) is 0.579. The lowest BCUT2D eigenvalue weighted by atomic mass is 9.93. The van der Waals surface area contributed by atoms with E-state index < -0.39 is 0 Å². The molecule has 1 aliphatic heterocycles. The minimum absolute atomic E-state index is 0. The van der Waals surface area contributed by atoms with Gasteiger partial charge in [0.1, 0.15) is 0 Å². The number of halogens is 1. The number of hydrogen-bond acceptors (Lipinski definition) is 5. The molecule has 3 rings (SSSR count). The van der Waals surface area contributed by atoms with Crippen LogP contribution < -0.4 is 5.32 Å². The molecule has 25 heavy (non-hydrogen) atoms. The summed E-state index contributed by atoms with van der Waals surface area (Å²) in [6.07, 6.45) is 4.53. The zero-order valence-corrected chi connectivity index (χ0v) is 16.0. The number of likely N-dealkylation sites (tertiary alicyclic amines) is 1. The van der Waals surface area contributed by atoms with Crippen molar-refractivity contribution in [1.29, 1.82) is 0 Å². The van der Waals surface area contributed by atoms with E-state index in [-0.39, 0.29) is 18.4 Å². The molecule has 1 atom stereocenters. The molecule has 0 amide bonds. The van der Waals surface area contributed by atoms with Crippen molar-refractivity contribution in [2.24, 2.45) is 5.92 Å². The highest BCUT2D eigenvalue weighted by molar-refractivity contribution is 5.85. The van der Waals surface area contributed by atoms with E-state index in [0.29, 0.717) is 0 Å². The summed E-state index contributed by atoms with van der Waals surface area (Å²) in [6.45, 7) is 5.53. The van der Waals surface area contributed by atoms with E-state index in [1.807, 2.05) is 25.2 Å². The lowest BCUT2D eigenvalue weighted by Crippen LogP contribution is -2.36. The molecule has 0 aliphatic carbocycles. The number of nitrogens with zero attached hydrogens (tertiary/aromatic N) is 3. The molecule has 1 N–H and O–H groups in total. The Labute approximate surface area is 156 Å². The Balaban J connectivity index is 0.00000225. The first-order chi connectivity index (χ1) is 11.8. The van der Waals surface area contributed by atoms with Crippen LogP contribution in [-0.2, 0) is 6.42 Å². The largest absolute Gasteiger partial charge is 0.338 e. The van der Waals surface area contributed by atoms with Gasteiger partial charge in [-0.2, -0.15) is 4.98 Å². The molecular weight excluding hydrogens is 336 g/mol. The highest BCUT2D eigenvalue weighted by Crippen LogP contribution is 2.27. The number of benzene rings is 1. The standard InChI is InChI=1S/C19H28N4O.ClH/c1-15(23-12-9-16(10-13-23)8-11-20-2)19-21-18(22-24-19)14-17-6-4-3-5-7-17;/h3-7,15-16,20H,8-14H2,1-2H3;1H. The van der Waals surface area contributed by atoms with Crippen LogP contribution in [-0.4, -0.2) is 41.7 Å². The summed E-state index contributed by atoms with van der Waals surface area (Å²) >= 11 is 0. The second-order valence-corrected chi connectivity index (χ2v) is 6.76. The molecule has 5 nitrogen and oxygen atoms in total. The Morgan fingerprint density at radius 1 is 1.24 bits per heavy atom. The smallest absolute Gasteiger partial charge is 0.243 e. The molecule has 1 saturated heterocycles. The van der Waals surface area contributed by atoms with Gasteiger partial charge in [0.2, 0.25) is 5.89 Å². The topological polar surface area (TPSA) is 54.2 Å². The molecule has 1 fully saturated rings. The van der Waals surface area contributed by atoms with Crippen molar-refractivity contribution in [3.05, 3.63) is 47.6 Å². The monoisotopic (exact) mass is 364 g/mol. The number of rotatable bonds is 7. The lowest BCUT2D eigenvalue weighted by Gasteiger charge is -2.34. The molecule has 0 spiro atoms. The molecule has 2 heterocycles. The summed E-state index contributed by atoms with van der Waals surface area (Å²) in [7, 11) is 2.03. The molecule has 6 heteroatoms. The van der Waals surface area contributed by atoms with Crippen molar-refractivity contribution < 1.29 is 4.52 Å². The van der Waals surface area contributed by atoms with Crippen molar-refractivity contribution in [3.8, 4) is 0 Å². The zero-order valence-electron chi connectivity index (χ0n) is 15.1. The van der Waals surface area contributed by atoms with E-state index in [2.05, 4.69) is 39.4 Å². The fourth-order valence-corrected chi connectivity index (χ4v) is 3.42. The Hall–Kier alpha value is -1.43. The molecule has 1 aromatic heterocycles. The second-order valence-electron chi connectivity index (χ2n) is 6.76. The van der Waals surface area contributed by atoms with Gasteiger partial charge >= 0.3 is 0 Å². The van der Waals surface area contributed by atoms with Gasteiger partial charge in [-0.05, 0) is 64.3 Å². The van der Waals surface area contributed by atoms with Crippen LogP contribution in [0.5, 0.6) is 0 Å². The van der Waals surface area contributed by atoms with Gasteiger partial charge in [0.15, 0.2) is 5.82 Å². The van der Waals surface area contributed by atoms with Crippen LogP contribution >= 0.6 is 12.4 Å². The van der Waals surface area contributed by atoms with E-state index >= 15 is 0 Å². The van der Waals surface area contributed by atoms with Gasteiger partial charge in [0.25, 0.3) is 0 Å².